The van der Waals surface area contributed by atoms with Gasteiger partial charge in [-0.3, -0.25) is 4.79 Å². The van der Waals surface area contributed by atoms with Crippen LogP contribution in [0.1, 0.15) is 12.8 Å². The van der Waals surface area contributed by atoms with E-state index in [4.69, 9.17) is 4.74 Å². The average Bonchev–Trinajstić information content (AvgIpc) is 2.09. The molecule has 0 spiro atoms. The number of esters is 1. The van der Waals surface area contributed by atoms with Gasteiger partial charge in [-0.15, -0.1) is 0 Å². The first-order chi connectivity index (χ1) is 5.84. The lowest BCUT2D eigenvalue weighted by molar-refractivity contribution is -0.149. The van der Waals surface area contributed by atoms with Crippen LogP contribution in [0.2, 0.25) is 0 Å². The van der Waals surface area contributed by atoms with E-state index in [1.54, 1.807) is 0 Å². The Hall–Kier alpha value is -0.970. The van der Waals surface area contributed by atoms with Crippen LogP contribution in [-0.4, -0.2) is 31.7 Å². The Balaban J connectivity index is 2.20. The maximum absolute atomic E-state index is 11.0. The smallest absolute Gasteiger partial charge is 0.323 e. The summed E-state index contributed by atoms with van der Waals surface area (Å²) in [6.07, 6.45) is 1.26. The Bertz CT molecular complexity index is 172. The fraction of sp³-hybridized carbons (Fsp3) is 0.857. The zero-order valence-electron chi connectivity index (χ0n) is 6.78. The molecule has 1 fully saturated rings. The van der Waals surface area contributed by atoms with E-state index in [-0.39, 0.29) is 18.6 Å². The first-order valence-corrected chi connectivity index (χ1v) is 4.03. The first kappa shape index (κ1) is 9.12. The highest BCUT2D eigenvalue weighted by molar-refractivity contribution is 5.76. The van der Waals surface area contributed by atoms with Crippen LogP contribution in [0.15, 0.2) is 5.18 Å². The van der Waals surface area contributed by atoms with E-state index >= 15 is 0 Å². The molecule has 1 atom stereocenters. The third-order valence-electron chi connectivity index (χ3n) is 1.76. The minimum atomic E-state index is -0.236. The number of rotatable bonds is 4. The van der Waals surface area contributed by atoms with Gasteiger partial charge in [0, 0.05) is 6.54 Å². The number of nitrogens with zero attached hydrogens (tertiary/aromatic N) is 1. The largest absolute Gasteiger partial charge is 0.463 e. The zero-order valence-corrected chi connectivity index (χ0v) is 6.78. The predicted octanol–water partition coefficient (Wildman–Crippen LogP) is 0.0480. The van der Waals surface area contributed by atoms with Gasteiger partial charge >= 0.3 is 5.97 Å². The summed E-state index contributed by atoms with van der Waals surface area (Å²) in [6.45, 7) is 1.41. The Morgan fingerprint density at radius 2 is 2.50 bits per heavy atom. The maximum atomic E-state index is 11.0. The van der Waals surface area contributed by atoms with Gasteiger partial charge in [0.1, 0.15) is 12.6 Å². The molecule has 0 aliphatic carbocycles. The van der Waals surface area contributed by atoms with Crippen molar-refractivity contribution in [1.29, 1.82) is 0 Å². The number of nitroso groups, excluding NO2 is 1. The van der Waals surface area contributed by atoms with E-state index in [2.05, 4.69) is 10.5 Å². The van der Waals surface area contributed by atoms with Gasteiger partial charge in [0.25, 0.3) is 0 Å². The highest BCUT2D eigenvalue weighted by atomic mass is 16.5. The minimum absolute atomic E-state index is 0.216. The van der Waals surface area contributed by atoms with Crippen LogP contribution < -0.4 is 5.32 Å². The molecule has 1 rings (SSSR count). The van der Waals surface area contributed by atoms with Crippen molar-refractivity contribution in [3.8, 4) is 0 Å². The second-order valence-electron chi connectivity index (χ2n) is 2.67. The summed E-state index contributed by atoms with van der Waals surface area (Å²) in [4.78, 5) is 20.7. The molecule has 0 aromatic heterocycles. The van der Waals surface area contributed by atoms with E-state index < -0.39 is 0 Å². The van der Waals surface area contributed by atoms with Gasteiger partial charge in [-0.05, 0) is 12.8 Å². The molecule has 68 valence electrons. The second kappa shape index (κ2) is 4.82. The quantitative estimate of drug-likeness (QED) is 0.369. The van der Waals surface area contributed by atoms with Crippen LogP contribution in [0.25, 0.3) is 0 Å². The normalized spacial score (nSPS) is 23.3. The third kappa shape index (κ3) is 2.58. The summed E-state index contributed by atoms with van der Waals surface area (Å²) in [5.74, 6) is -0.216. The van der Waals surface area contributed by atoms with Crippen molar-refractivity contribution in [1.82, 2.24) is 5.32 Å². The molecular weight excluding hydrogens is 160 g/mol. The zero-order chi connectivity index (χ0) is 8.81. The number of cyclic esters (lactones) is 1. The summed E-state index contributed by atoms with van der Waals surface area (Å²) >= 11 is 0. The van der Waals surface area contributed by atoms with Crippen molar-refractivity contribution in [3.63, 3.8) is 0 Å². The third-order valence-corrected chi connectivity index (χ3v) is 1.76. The molecule has 1 saturated heterocycles. The molecule has 0 bridgehead atoms. The lowest BCUT2D eigenvalue weighted by Gasteiger charge is -2.21. The number of nitrogens with one attached hydrogen (secondary N) is 1. The van der Waals surface area contributed by atoms with Crippen molar-refractivity contribution < 1.29 is 9.53 Å². The number of morpholine rings is 1. The topological polar surface area (TPSA) is 67.8 Å². The number of ether oxygens (including phenoxy) is 1. The van der Waals surface area contributed by atoms with E-state index in [1.165, 1.54) is 0 Å². The summed E-state index contributed by atoms with van der Waals surface area (Å²) in [7, 11) is 0. The van der Waals surface area contributed by atoms with E-state index in [1.807, 2.05) is 0 Å². The lowest BCUT2D eigenvalue weighted by Crippen LogP contribution is -2.45. The van der Waals surface area contributed by atoms with Crippen LogP contribution in [-0.2, 0) is 9.53 Å². The molecule has 0 radical (unpaired) electrons. The summed E-state index contributed by atoms with van der Waals surface area (Å²) in [5.41, 5.74) is 0. The Morgan fingerprint density at radius 1 is 1.67 bits per heavy atom. The molecule has 1 aliphatic heterocycles. The van der Waals surface area contributed by atoms with Gasteiger partial charge in [0.15, 0.2) is 0 Å². The molecular formula is C7H12N2O3. The highest BCUT2D eigenvalue weighted by Crippen LogP contribution is 2.03. The molecule has 0 aromatic carbocycles. The monoisotopic (exact) mass is 172 g/mol. The number of carbonyl (C=O) groups excluding carboxylic acids is 1. The molecule has 5 nitrogen and oxygen atoms in total. The van der Waals surface area contributed by atoms with Crippen molar-refractivity contribution in [3.05, 3.63) is 4.91 Å². The number of hydrogen-bond acceptors (Lipinski definition) is 5. The number of carbonyl (C=O) groups is 1. The average molecular weight is 172 g/mol. The standard InChI is InChI=1S/C7H12N2O3/c10-7-6(2-1-3-9-11)8-4-5-12-7/h6,8H,1-5H2. The minimum Gasteiger partial charge on any atom is -0.463 e. The summed E-state index contributed by atoms with van der Waals surface area (Å²) in [6, 6.07) is -0.236. The summed E-state index contributed by atoms with van der Waals surface area (Å²) < 4.78 is 4.81. The number of hydrogen-bond donors (Lipinski definition) is 1. The summed E-state index contributed by atoms with van der Waals surface area (Å²) in [5, 5.41) is 5.72. The van der Waals surface area contributed by atoms with Crippen LogP contribution in [0.5, 0.6) is 0 Å². The molecule has 12 heavy (non-hydrogen) atoms. The van der Waals surface area contributed by atoms with Crippen molar-refractivity contribution in [2.45, 2.75) is 18.9 Å². The first-order valence-electron chi connectivity index (χ1n) is 4.03. The van der Waals surface area contributed by atoms with E-state index in [0.717, 1.165) is 0 Å². The molecule has 1 heterocycles. The van der Waals surface area contributed by atoms with Crippen LogP contribution >= 0.6 is 0 Å². The Kier molecular flexibility index (Phi) is 3.66. The molecule has 0 aromatic rings. The van der Waals surface area contributed by atoms with Crippen LogP contribution in [0.4, 0.5) is 0 Å². The Morgan fingerprint density at radius 3 is 3.17 bits per heavy atom. The van der Waals surface area contributed by atoms with Gasteiger partial charge < -0.3 is 10.1 Å². The van der Waals surface area contributed by atoms with Gasteiger partial charge in [-0.2, -0.15) is 4.91 Å². The molecule has 0 saturated carbocycles. The molecule has 1 unspecified atom stereocenters. The van der Waals surface area contributed by atoms with Crippen LogP contribution in [0, 0.1) is 4.91 Å². The van der Waals surface area contributed by atoms with E-state index in [9.17, 15) is 9.70 Å². The van der Waals surface area contributed by atoms with Gasteiger partial charge in [0.2, 0.25) is 0 Å². The van der Waals surface area contributed by atoms with Gasteiger partial charge in [-0.25, -0.2) is 0 Å². The van der Waals surface area contributed by atoms with Gasteiger partial charge in [-0.1, -0.05) is 5.18 Å². The molecule has 1 N–H and O–H groups in total. The Labute approximate surface area is 70.4 Å². The van der Waals surface area contributed by atoms with Crippen molar-refractivity contribution >= 4 is 5.97 Å². The molecule has 0 amide bonds. The fourth-order valence-corrected chi connectivity index (χ4v) is 1.15. The SMILES string of the molecule is O=NCCCC1NCCOC1=O. The van der Waals surface area contributed by atoms with E-state index in [0.29, 0.717) is 26.0 Å². The lowest BCUT2D eigenvalue weighted by atomic mass is 10.1. The molecule has 1 aliphatic rings. The van der Waals surface area contributed by atoms with Gasteiger partial charge in [0.05, 0.1) is 6.54 Å². The maximum Gasteiger partial charge on any atom is 0.323 e. The highest BCUT2D eigenvalue weighted by Gasteiger charge is 2.22. The van der Waals surface area contributed by atoms with Crippen molar-refractivity contribution in [2.24, 2.45) is 5.18 Å². The van der Waals surface area contributed by atoms with Crippen molar-refractivity contribution in [2.75, 3.05) is 19.7 Å². The fourth-order valence-electron chi connectivity index (χ4n) is 1.15. The second-order valence-corrected chi connectivity index (χ2v) is 2.67. The predicted molar refractivity (Wildman–Crippen MR) is 42.6 cm³/mol. The molecule has 5 heteroatoms. The van der Waals surface area contributed by atoms with Crippen LogP contribution in [0.3, 0.4) is 0 Å².